The van der Waals surface area contributed by atoms with Crippen LogP contribution in [0.4, 0.5) is 0 Å². The lowest BCUT2D eigenvalue weighted by Gasteiger charge is -2.29. The number of unbranched alkanes of at least 4 members (excludes halogenated alkanes) is 15. The molecule has 0 aliphatic rings. The summed E-state index contributed by atoms with van der Waals surface area (Å²) in [7, 11) is 0. The normalized spacial score (nSPS) is 15.4. The molecule has 0 spiro atoms. The molecule has 35 heavy (non-hydrogen) atoms. The Balaban J connectivity index is 3.89. The topological polar surface area (TPSA) is 43.7 Å². The van der Waals surface area contributed by atoms with E-state index in [1.54, 1.807) is 0 Å². The quantitative estimate of drug-likeness (QED) is 0.111. The molecule has 0 amide bonds. The van der Waals surface area contributed by atoms with Gasteiger partial charge in [-0.05, 0) is 37.6 Å². The van der Waals surface area contributed by atoms with Crippen molar-refractivity contribution < 1.29 is 10.2 Å². The average molecular weight is 498 g/mol. The Morgan fingerprint density at radius 3 is 1.11 bits per heavy atom. The minimum Gasteiger partial charge on any atom is -0.392 e. The van der Waals surface area contributed by atoms with Crippen LogP contribution < -0.4 is 0 Å². The van der Waals surface area contributed by atoms with Gasteiger partial charge in [0.2, 0.25) is 0 Å². The predicted molar refractivity (Wildman–Crippen MR) is 156 cm³/mol. The van der Waals surface area contributed by atoms with E-state index >= 15 is 0 Å². The van der Waals surface area contributed by atoms with Crippen molar-refractivity contribution in [3.8, 4) is 0 Å². The molecule has 0 aliphatic heterocycles. The zero-order valence-corrected chi connectivity index (χ0v) is 24.9. The maximum atomic E-state index is 10.6. The molecular weight excluding hydrogens is 430 g/mol. The van der Waals surface area contributed by atoms with Gasteiger partial charge in [0, 0.05) is 13.1 Å². The molecule has 212 valence electrons. The van der Waals surface area contributed by atoms with Crippen molar-refractivity contribution in [2.24, 2.45) is 11.8 Å². The minimum absolute atomic E-state index is 0.276. The Kier molecular flexibility index (Phi) is 25.4. The summed E-state index contributed by atoms with van der Waals surface area (Å²) in [6, 6.07) is 0. The van der Waals surface area contributed by atoms with Crippen LogP contribution in [0.25, 0.3) is 0 Å². The van der Waals surface area contributed by atoms with Gasteiger partial charge < -0.3 is 10.2 Å². The van der Waals surface area contributed by atoms with E-state index in [2.05, 4.69) is 39.5 Å². The number of hydrogen-bond acceptors (Lipinski definition) is 3. The van der Waals surface area contributed by atoms with Gasteiger partial charge in [0.15, 0.2) is 0 Å². The fraction of sp³-hybridized carbons (Fsp3) is 1.00. The second-order valence-electron chi connectivity index (χ2n) is 11.9. The molecule has 0 fully saturated rings. The lowest BCUT2D eigenvalue weighted by molar-refractivity contribution is 0.0502. The van der Waals surface area contributed by atoms with Crippen molar-refractivity contribution in [3.05, 3.63) is 0 Å². The van der Waals surface area contributed by atoms with Crippen LogP contribution in [0.1, 0.15) is 163 Å². The smallest absolute Gasteiger partial charge is 0.0669 e. The fourth-order valence-electron chi connectivity index (χ4n) is 5.15. The zero-order chi connectivity index (χ0) is 26.2. The first-order valence-corrected chi connectivity index (χ1v) is 16.0. The first kappa shape index (κ1) is 34.9. The third-order valence-electron chi connectivity index (χ3n) is 8.01. The number of aliphatic hydroxyl groups is 2. The van der Waals surface area contributed by atoms with Gasteiger partial charge in [0.05, 0.1) is 12.2 Å². The van der Waals surface area contributed by atoms with E-state index in [0.29, 0.717) is 24.9 Å². The Labute approximate surface area is 221 Å². The van der Waals surface area contributed by atoms with Crippen LogP contribution in [0.3, 0.4) is 0 Å². The van der Waals surface area contributed by atoms with E-state index in [9.17, 15) is 10.2 Å². The second-order valence-corrected chi connectivity index (χ2v) is 11.9. The second kappa shape index (κ2) is 25.5. The van der Waals surface area contributed by atoms with Crippen LogP contribution in [0.5, 0.6) is 0 Å². The summed E-state index contributed by atoms with van der Waals surface area (Å²) in [6.45, 7) is 13.6. The first-order valence-electron chi connectivity index (χ1n) is 16.0. The maximum absolute atomic E-state index is 10.6. The van der Waals surface area contributed by atoms with Crippen molar-refractivity contribution in [1.82, 2.24) is 4.90 Å². The van der Waals surface area contributed by atoms with E-state index in [1.807, 2.05) is 0 Å². The summed E-state index contributed by atoms with van der Waals surface area (Å²) < 4.78 is 0. The molecule has 0 aliphatic carbocycles. The van der Waals surface area contributed by atoms with Crippen molar-refractivity contribution >= 4 is 0 Å². The Bertz CT molecular complexity index is 396. The summed E-state index contributed by atoms with van der Waals surface area (Å²) in [5.74, 6) is 1.12. The zero-order valence-electron chi connectivity index (χ0n) is 24.9. The van der Waals surface area contributed by atoms with Crippen LogP contribution >= 0.6 is 0 Å². The fourth-order valence-corrected chi connectivity index (χ4v) is 5.15. The van der Waals surface area contributed by atoms with Gasteiger partial charge in [0.1, 0.15) is 0 Å². The van der Waals surface area contributed by atoms with Gasteiger partial charge >= 0.3 is 0 Å². The molecular formula is C32H67NO2. The van der Waals surface area contributed by atoms with Crippen molar-refractivity contribution in [2.75, 3.05) is 19.6 Å². The van der Waals surface area contributed by atoms with Gasteiger partial charge in [-0.15, -0.1) is 0 Å². The molecule has 0 saturated heterocycles. The Morgan fingerprint density at radius 2 is 0.800 bits per heavy atom. The minimum atomic E-state index is -0.276. The molecule has 0 rings (SSSR count). The number of aliphatic hydroxyl groups excluding tert-OH is 2. The predicted octanol–water partition coefficient (Wildman–Crippen LogP) is 9.14. The largest absolute Gasteiger partial charge is 0.392 e. The molecule has 4 unspecified atom stereocenters. The molecule has 0 aromatic heterocycles. The van der Waals surface area contributed by atoms with E-state index < -0.39 is 0 Å². The highest BCUT2D eigenvalue weighted by Gasteiger charge is 2.18. The van der Waals surface area contributed by atoms with Gasteiger partial charge in [-0.1, -0.05) is 144 Å². The monoisotopic (exact) mass is 498 g/mol. The molecule has 2 N–H and O–H groups in total. The first-order chi connectivity index (χ1) is 16.9. The highest BCUT2D eigenvalue weighted by molar-refractivity contribution is 4.72. The molecule has 4 atom stereocenters. The third kappa shape index (κ3) is 24.0. The molecule has 0 aromatic rings. The van der Waals surface area contributed by atoms with Crippen molar-refractivity contribution in [2.45, 2.75) is 175 Å². The molecule has 0 saturated carbocycles. The van der Waals surface area contributed by atoms with E-state index in [0.717, 1.165) is 32.2 Å². The third-order valence-corrected chi connectivity index (χ3v) is 8.01. The molecule has 0 bridgehead atoms. The van der Waals surface area contributed by atoms with Crippen LogP contribution in [-0.2, 0) is 0 Å². The van der Waals surface area contributed by atoms with E-state index in [1.165, 1.54) is 103 Å². The molecule has 0 heterocycles. The standard InChI is InChI=1S/C32H67NO2/c1-6-9-10-11-12-13-14-15-16-17-18-19-20-21-22-23-24-33(27-31(34)25-29(4)7-2)28-32(35)26-30(5)8-3/h29-32,34-35H,6-28H2,1-5H3. The Hall–Kier alpha value is -0.120. The van der Waals surface area contributed by atoms with E-state index in [-0.39, 0.29) is 12.2 Å². The van der Waals surface area contributed by atoms with Crippen LogP contribution in [-0.4, -0.2) is 47.0 Å². The summed E-state index contributed by atoms with van der Waals surface area (Å²) in [5, 5.41) is 21.1. The summed E-state index contributed by atoms with van der Waals surface area (Å²) in [4.78, 5) is 2.34. The number of nitrogens with zero attached hydrogens (tertiary/aromatic N) is 1. The summed E-state index contributed by atoms with van der Waals surface area (Å²) >= 11 is 0. The SMILES string of the molecule is CCCCCCCCCCCCCCCCCCN(CC(O)CC(C)CC)CC(O)CC(C)CC. The molecule has 3 heteroatoms. The highest BCUT2D eigenvalue weighted by Crippen LogP contribution is 2.16. The van der Waals surface area contributed by atoms with E-state index in [4.69, 9.17) is 0 Å². The summed E-state index contributed by atoms with van der Waals surface area (Å²) in [5.41, 5.74) is 0. The van der Waals surface area contributed by atoms with Gasteiger partial charge in [-0.3, -0.25) is 4.90 Å². The molecule has 0 aromatic carbocycles. The van der Waals surface area contributed by atoms with Crippen LogP contribution in [0.15, 0.2) is 0 Å². The summed E-state index contributed by atoms with van der Waals surface area (Å²) in [6.07, 6.45) is 25.7. The van der Waals surface area contributed by atoms with Crippen molar-refractivity contribution in [1.29, 1.82) is 0 Å². The van der Waals surface area contributed by atoms with Crippen molar-refractivity contribution in [3.63, 3.8) is 0 Å². The van der Waals surface area contributed by atoms with Gasteiger partial charge in [-0.2, -0.15) is 0 Å². The number of hydrogen-bond donors (Lipinski definition) is 2. The van der Waals surface area contributed by atoms with Gasteiger partial charge in [0.25, 0.3) is 0 Å². The average Bonchev–Trinajstić information content (AvgIpc) is 2.83. The molecule has 3 nitrogen and oxygen atoms in total. The highest BCUT2D eigenvalue weighted by atomic mass is 16.3. The molecule has 0 radical (unpaired) electrons. The Morgan fingerprint density at radius 1 is 0.486 bits per heavy atom. The van der Waals surface area contributed by atoms with Crippen LogP contribution in [0, 0.1) is 11.8 Å². The lowest BCUT2D eigenvalue weighted by atomic mass is 9.99. The lowest BCUT2D eigenvalue weighted by Crippen LogP contribution is -2.39. The van der Waals surface area contributed by atoms with Gasteiger partial charge in [-0.25, -0.2) is 0 Å². The number of rotatable bonds is 27. The van der Waals surface area contributed by atoms with Crippen LogP contribution in [0.2, 0.25) is 0 Å². The maximum Gasteiger partial charge on any atom is 0.0669 e.